The monoisotopic (exact) mass is 676 g/mol. The molecule has 4 nitrogen and oxygen atoms in total. The first-order chi connectivity index (χ1) is 24.1. The van der Waals surface area contributed by atoms with E-state index in [1.165, 1.54) is 116 Å². The van der Waals surface area contributed by atoms with Crippen molar-refractivity contribution in [2.75, 3.05) is 0 Å². The lowest BCUT2D eigenvalue weighted by Crippen LogP contribution is -2.14. The predicted molar refractivity (Wildman–Crippen MR) is 206 cm³/mol. The number of benzene rings is 1. The molecule has 6 rings (SSSR count). The zero-order chi connectivity index (χ0) is 34.0. The van der Waals surface area contributed by atoms with Crippen LogP contribution in [0.2, 0.25) is 0 Å². The zero-order valence-corrected chi connectivity index (χ0v) is 31.0. The van der Waals surface area contributed by atoms with E-state index in [0.717, 1.165) is 68.7 Å². The van der Waals surface area contributed by atoms with Gasteiger partial charge in [-0.2, -0.15) is 0 Å². The molecule has 3 heterocycles. The summed E-state index contributed by atoms with van der Waals surface area (Å²) in [6, 6.07) is 7.92. The molecule has 0 spiro atoms. The van der Waals surface area contributed by atoms with Gasteiger partial charge in [0, 0.05) is 34.3 Å². The second-order valence-electron chi connectivity index (χ2n) is 14.7. The van der Waals surface area contributed by atoms with Crippen molar-refractivity contribution in [2.45, 2.75) is 155 Å². The molecule has 260 valence electrons. The molecular formula is C44H56N2O2S. The van der Waals surface area contributed by atoms with Crippen LogP contribution in [0.4, 0.5) is 0 Å². The second-order valence-corrected chi connectivity index (χ2v) is 15.7. The molecule has 0 atom stereocenters. The van der Waals surface area contributed by atoms with E-state index in [9.17, 15) is 9.59 Å². The van der Waals surface area contributed by atoms with E-state index in [1.807, 2.05) is 24.5 Å². The van der Waals surface area contributed by atoms with Gasteiger partial charge in [-0.25, -0.2) is 0 Å². The summed E-state index contributed by atoms with van der Waals surface area (Å²) >= 11 is 1.65. The average molecular weight is 677 g/mol. The lowest BCUT2D eigenvalue weighted by atomic mass is 9.83. The minimum absolute atomic E-state index is 0.0221. The number of thiophene rings is 1. The summed E-state index contributed by atoms with van der Waals surface area (Å²) in [5, 5.41) is 1.78. The van der Waals surface area contributed by atoms with Crippen LogP contribution in [0.3, 0.4) is 0 Å². The number of ketones is 2. The Labute approximate surface area is 298 Å². The Bertz CT molecular complexity index is 1630. The van der Waals surface area contributed by atoms with Crippen LogP contribution in [0.1, 0.15) is 185 Å². The average Bonchev–Trinajstić information content (AvgIpc) is 3.52. The molecule has 0 unspecified atom stereocenters. The van der Waals surface area contributed by atoms with Crippen molar-refractivity contribution in [3.05, 3.63) is 70.0 Å². The van der Waals surface area contributed by atoms with E-state index < -0.39 is 0 Å². The van der Waals surface area contributed by atoms with Crippen molar-refractivity contribution in [1.29, 1.82) is 0 Å². The number of aromatic nitrogens is 2. The largest absolute Gasteiger partial charge is 0.289 e. The number of carbonyl (C=O) groups is 2. The summed E-state index contributed by atoms with van der Waals surface area (Å²) in [5.41, 5.74) is 6.58. The molecule has 0 amide bonds. The Kier molecular flexibility index (Phi) is 12.8. The molecule has 0 bridgehead atoms. The molecule has 5 heteroatoms. The van der Waals surface area contributed by atoms with Crippen LogP contribution in [-0.2, 0) is 12.8 Å². The Morgan fingerprint density at radius 1 is 0.469 bits per heavy atom. The van der Waals surface area contributed by atoms with Gasteiger partial charge in [-0.1, -0.05) is 129 Å². The number of carbonyl (C=O) groups excluding carboxylic acids is 2. The Hall–Kier alpha value is -3.18. The van der Waals surface area contributed by atoms with E-state index >= 15 is 0 Å². The summed E-state index contributed by atoms with van der Waals surface area (Å²) in [7, 11) is 0. The maximum Gasteiger partial charge on any atom is 0.195 e. The summed E-state index contributed by atoms with van der Waals surface area (Å²) in [4.78, 5) is 39.6. The molecule has 0 radical (unpaired) electrons. The van der Waals surface area contributed by atoms with Gasteiger partial charge in [-0.05, 0) is 61.1 Å². The quantitative estimate of drug-likeness (QED) is 0.0671. The van der Waals surface area contributed by atoms with Crippen LogP contribution in [0.5, 0.6) is 0 Å². The maximum atomic E-state index is 13.9. The lowest BCUT2D eigenvalue weighted by Gasteiger charge is -2.19. The Morgan fingerprint density at radius 2 is 0.816 bits per heavy atom. The van der Waals surface area contributed by atoms with Crippen molar-refractivity contribution >= 4 is 33.7 Å². The number of hydrogen-bond donors (Lipinski definition) is 0. The van der Waals surface area contributed by atoms with Gasteiger partial charge in [0.2, 0.25) is 0 Å². The lowest BCUT2D eigenvalue weighted by molar-refractivity contribution is 0.102. The number of pyridine rings is 2. The molecule has 2 aliphatic carbocycles. The first-order valence-electron chi connectivity index (χ1n) is 19.8. The van der Waals surface area contributed by atoms with Gasteiger partial charge in [-0.3, -0.25) is 19.6 Å². The number of unbranched alkanes of at least 4 members (excludes halogenated alkanes) is 18. The third-order valence-corrected chi connectivity index (χ3v) is 12.0. The van der Waals surface area contributed by atoms with Crippen LogP contribution in [-0.4, -0.2) is 21.5 Å². The van der Waals surface area contributed by atoms with E-state index in [0.29, 0.717) is 22.3 Å². The van der Waals surface area contributed by atoms with Gasteiger partial charge in [0.15, 0.2) is 11.6 Å². The molecule has 0 aliphatic heterocycles. The van der Waals surface area contributed by atoms with Gasteiger partial charge in [-0.15, -0.1) is 11.3 Å². The molecule has 0 N–H and O–H groups in total. The molecule has 1 aromatic carbocycles. The van der Waals surface area contributed by atoms with Crippen molar-refractivity contribution in [1.82, 2.24) is 9.97 Å². The highest BCUT2D eigenvalue weighted by Crippen LogP contribution is 2.52. The summed E-state index contributed by atoms with van der Waals surface area (Å²) in [6.45, 7) is 4.54. The minimum Gasteiger partial charge on any atom is -0.289 e. The Morgan fingerprint density at radius 3 is 1.18 bits per heavy atom. The highest BCUT2D eigenvalue weighted by molar-refractivity contribution is 7.21. The zero-order valence-electron chi connectivity index (χ0n) is 30.1. The van der Waals surface area contributed by atoms with Gasteiger partial charge in [0.05, 0.1) is 32.3 Å². The van der Waals surface area contributed by atoms with Crippen LogP contribution in [0.15, 0.2) is 36.7 Å². The van der Waals surface area contributed by atoms with Gasteiger partial charge in [0.1, 0.15) is 0 Å². The normalized spacial score (nSPS) is 12.9. The fraction of sp³-hybridized carbons (Fsp3) is 0.545. The van der Waals surface area contributed by atoms with E-state index in [2.05, 4.69) is 26.0 Å². The number of aryl methyl sites for hydroxylation is 2. The molecule has 0 fully saturated rings. The van der Waals surface area contributed by atoms with E-state index in [1.54, 1.807) is 11.3 Å². The topological polar surface area (TPSA) is 59.9 Å². The van der Waals surface area contributed by atoms with Gasteiger partial charge < -0.3 is 0 Å². The molecule has 49 heavy (non-hydrogen) atoms. The molecule has 0 saturated carbocycles. The van der Waals surface area contributed by atoms with Crippen molar-refractivity contribution < 1.29 is 9.59 Å². The summed E-state index contributed by atoms with van der Waals surface area (Å²) in [6.07, 6.45) is 32.1. The van der Waals surface area contributed by atoms with Gasteiger partial charge in [0.25, 0.3) is 0 Å². The number of nitrogens with zero attached hydrogens (tertiary/aromatic N) is 2. The summed E-state index contributed by atoms with van der Waals surface area (Å²) in [5.74, 6) is 0.0442. The fourth-order valence-electron chi connectivity index (χ4n) is 7.91. The molecule has 2 aliphatic rings. The van der Waals surface area contributed by atoms with Crippen molar-refractivity contribution in [3.8, 4) is 21.1 Å². The van der Waals surface area contributed by atoms with Crippen LogP contribution in [0.25, 0.3) is 31.9 Å². The minimum atomic E-state index is 0.0221. The Balaban J connectivity index is 1.09. The molecule has 4 aromatic rings. The number of rotatable bonds is 22. The highest BCUT2D eigenvalue weighted by atomic mass is 32.1. The number of hydrogen-bond acceptors (Lipinski definition) is 5. The third-order valence-electron chi connectivity index (χ3n) is 10.8. The molecule has 3 aromatic heterocycles. The van der Waals surface area contributed by atoms with Gasteiger partial charge >= 0.3 is 0 Å². The van der Waals surface area contributed by atoms with Crippen LogP contribution < -0.4 is 0 Å². The smallest absolute Gasteiger partial charge is 0.195 e. The molecular weight excluding hydrogens is 621 g/mol. The fourth-order valence-corrected chi connectivity index (χ4v) is 9.26. The second kappa shape index (κ2) is 17.7. The van der Waals surface area contributed by atoms with Crippen molar-refractivity contribution in [3.63, 3.8) is 0 Å². The first kappa shape index (κ1) is 35.6. The standard InChI is InChI=1S/C44H56N2O2S/c1-3-5-7-9-11-13-15-17-19-21-23-31-27-35-39(45-29-31)43-37-33(41(35)47)25-26-34-38(37)44(49-43)40-36(42(34)48)28-32(30-46-40)24-22-20-18-16-14-12-10-8-6-4-2/h25-30H,3-24H2,1-2H3. The van der Waals surface area contributed by atoms with Crippen LogP contribution >= 0.6 is 11.3 Å². The highest BCUT2D eigenvalue weighted by Gasteiger charge is 2.36. The summed E-state index contributed by atoms with van der Waals surface area (Å²) < 4.78 is 0. The van der Waals surface area contributed by atoms with E-state index in [-0.39, 0.29) is 11.6 Å². The first-order valence-corrected chi connectivity index (χ1v) is 20.6. The molecule has 0 saturated heterocycles. The SMILES string of the molecule is CCCCCCCCCCCCc1cnc2c(c1)C(=O)c1ccc3c4c(sc-2c14)-c1ncc(CCCCCCCCCCCC)cc1C3=O. The maximum absolute atomic E-state index is 13.9. The van der Waals surface area contributed by atoms with E-state index in [4.69, 9.17) is 9.97 Å². The predicted octanol–water partition coefficient (Wildman–Crippen LogP) is 13.0. The third kappa shape index (κ3) is 8.25. The van der Waals surface area contributed by atoms with Crippen LogP contribution in [0, 0.1) is 0 Å². The number of fused-ring (bicyclic) bond motifs is 4. The van der Waals surface area contributed by atoms with Crippen molar-refractivity contribution in [2.24, 2.45) is 0 Å².